The second kappa shape index (κ2) is 15.7. The lowest BCUT2D eigenvalue weighted by Crippen LogP contribution is -2.71. The van der Waals surface area contributed by atoms with Crippen molar-refractivity contribution in [1.29, 1.82) is 0 Å². The highest BCUT2D eigenvalue weighted by Gasteiger charge is 2.53. The van der Waals surface area contributed by atoms with Gasteiger partial charge in [-0.1, -0.05) is 11.2 Å². The van der Waals surface area contributed by atoms with Crippen LogP contribution in [-0.2, 0) is 30.6 Å². The predicted octanol–water partition coefficient (Wildman–Crippen LogP) is -5.42. The molecule has 14 N–H and O–H groups in total. The number of pyridine rings is 1. The lowest BCUT2D eigenvalue weighted by Gasteiger charge is -2.50. The number of β-lactam (4-membered cyclic amide) rings is 1. The van der Waals surface area contributed by atoms with Crippen LogP contribution in [0.5, 0.6) is 0 Å². The third kappa shape index (κ3) is 7.97. The van der Waals surface area contributed by atoms with Crippen molar-refractivity contribution in [3.8, 4) is 0 Å². The minimum atomic E-state index is -1.75. The molecule has 2 aliphatic heterocycles. The largest absolute Gasteiger partial charge is 0.543 e. The van der Waals surface area contributed by atoms with E-state index in [4.69, 9.17) is 10.6 Å². The maximum atomic E-state index is 13.1. The van der Waals surface area contributed by atoms with Crippen LogP contribution >= 0.6 is 23.1 Å². The molecule has 2 aromatic heterocycles. The summed E-state index contributed by atoms with van der Waals surface area (Å²) in [5.41, 5.74) is 3.83. The number of aliphatic carboxylic acids is 2. The van der Waals surface area contributed by atoms with Gasteiger partial charge in [0.2, 0.25) is 5.60 Å². The maximum Gasteiger partial charge on any atom is 0.350 e. The smallest absolute Gasteiger partial charge is 0.350 e. The number of carbonyl (C=O) groups excluding carboxylic acids is 3. The van der Waals surface area contributed by atoms with Crippen molar-refractivity contribution < 1.29 is 66.2 Å². The molecule has 0 radical (unpaired) electrons. The molecule has 20 heteroatoms. The zero-order valence-electron chi connectivity index (χ0n) is 22.1. The van der Waals surface area contributed by atoms with Crippen molar-refractivity contribution in [2.24, 2.45) is 5.16 Å². The SMILES string of the molecule is CC(C)(O/N=C(\C(=O)N[C@@H]1C(=O)N2C(C(=O)[O-])=C(C[n+]3ccccc3)CS[C@@H]12)c1csc(N)n1)C(=O)O.O.O.O.O.O. The molecule has 2 aliphatic rings. The van der Waals surface area contributed by atoms with E-state index in [1.807, 2.05) is 6.07 Å². The third-order valence-electron chi connectivity index (χ3n) is 5.54. The van der Waals surface area contributed by atoms with Gasteiger partial charge < -0.3 is 58.3 Å². The fraction of sp³-hybridized carbons (Fsp3) is 0.318. The van der Waals surface area contributed by atoms with Gasteiger partial charge >= 0.3 is 5.97 Å². The first-order valence-corrected chi connectivity index (χ1v) is 12.8. The average Bonchev–Trinajstić information content (AvgIpc) is 3.28. The summed E-state index contributed by atoms with van der Waals surface area (Å²) in [6.45, 7) is 2.74. The number of nitrogens with zero attached hydrogens (tertiary/aromatic N) is 4. The van der Waals surface area contributed by atoms with Crippen LogP contribution in [0.15, 0.2) is 52.4 Å². The van der Waals surface area contributed by atoms with Crippen molar-refractivity contribution >= 4 is 57.7 Å². The molecule has 0 aliphatic carbocycles. The summed E-state index contributed by atoms with van der Waals surface area (Å²) in [6.07, 6.45) is 3.55. The standard InChI is InChI=1S/C22H22N6O7S2.5H2O/c1-22(2,20(33)34)35-26-13(12-10-37-21(23)24-12)16(29)25-14-17(30)28-15(19(31)32)11(9-36-18(14)28)8-27-6-4-3-5-7-27;;;;;/h3-7,10,14,18H,8-9H2,1-2H3,(H4-,23,24,25,29,31,32,33,34);5*1H2/b26-13-;;;;;/t14-,18+;;;;;/m1...../s1. The van der Waals surface area contributed by atoms with E-state index in [2.05, 4.69) is 15.5 Å². The minimum Gasteiger partial charge on any atom is -0.543 e. The van der Waals surface area contributed by atoms with E-state index < -0.39 is 40.8 Å². The molecule has 0 bridgehead atoms. The number of hydrogen-bond acceptors (Lipinski definition) is 11. The Morgan fingerprint density at radius 3 is 2.36 bits per heavy atom. The highest BCUT2D eigenvalue weighted by Crippen LogP contribution is 2.40. The molecular weight excluding hydrogens is 604 g/mol. The van der Waals surface area contributed by atoms with Crippen LogP contribution in [-0.4, -0.2) is 94.6 Å². The van der Waals surface area contributed by atoms with Gasteiger partial charge in [-0.25, -0.2) is 14.3 Å². The van der Waals surface area contributed by atoms with Gasteiger partial charge in [-0.3, -0.25) is 14.5 Å². The van der Waals surface area contributed by atoms with E-state index >= 15 is 0 Å². The van der Waals surface area contributed by atoms with E-state index in [9.17, 15) is 29.4 Å². The van der Waals surface area contributed by atoms with Crippen LogP contribution in [0.3, 0.4) is 0 Å². The number of aromatic nitrogens is 2. The minimum absolute atomic E-state index is 0. The molecule has 0 spiro atoms. The maximum absolute atomic E-state index is 13.1. The van der Waals surface area contributed by atoms with E-state index in [1.165, 1.54) is 31.0 Å². The number of fused-ring (bicyclic) bond motifs is 1. The summed E-state index contributed by atoms with van der Waals surface area (Å²) in [5.74, 6) is -4.01. The Bertz CT molecular complexity index is 1330. The molecule has 1 fully saturated rings. The summed E-state index contributed by atoms with van der Waals surface area (Å²) >= 11 is 2.32. The molecule has 4 heterocycles. The topological polar surface area (TPSA) is 349 Å². The highest BCUT2D eigenvalue weighted by molar-refractivity contribution is 8.00. The summed E-state index contributed by atoms with van der Waals surface area (Å²) < 4.78 is 1.78. The average molecular weight is 637 g/mol. The second-order valence-corrected chi connectivity index (χ2v) is 10.6. The van der Waals surface area contributed by atoms with Gasteiger partial charge in [0.25, 0.3) is 11.8 Å². The number of oxime groups is 1. The first kappa shape index (κ1) is 40.0. The quantitative estimate of drug-likeness (QED) is 0.101. The summed E-state index contributed by atoms with van der Waals surface area (Å²) in [5, 5.41) is 28.4. The number of carboxylic acids is 2. The number of nitrogens with two attached hydrogens (primary N) is 1. The lowest BCUT2D eigenvalue weighted by molar-refractivity contribution is -0.689. The molecule has 18 nitrogen and oxygen atoms in total. The molecule has 2 aromatic rings. The van der Waals surface area contributed by atoms with Crippen LogP contribution in [0.2, 0.25) is 0 Å². The zero-order valence-corrected chi connectivity index (χ0v) is 23.7. The van der Waals surface area contributed by atoms with Crippen LogP contribution < -0.4 is 20.7 Å². The molecule has 4 rings (SSSR count). The number of carboxylic acid groups (broad SMARTS) is 2. The van der Waals surface area contributed by atoms with Gasteiger partial charge in [0.15, 0.2) is 29.8 Å². The van der Waals surface area contributed by atoms with Crippen LogP contribution in [0.25, 0.3) is 0 Å². The molecule has 42 heavy (non-hydrogen) atoms. The molecular formula is C22H32N6O12S2. The highest BCUT2D eigenvalue weighted by atomic mass is 32.2. The first-order chi connectivity index (χ1) is 17.5. The Morgan fingerprint density at radius 1 is 1.21 bits per heavy atom. The number of carbonyl (C=O) groups is 4. The Kier molecular flexibility index (Phi) is 15.0. The van der Waals surface area contributed by atoms with Crippen LogP contribution in [0.4, 0.5) is 5.13 Å². The third-order valence-corrected chi connectivity index (χ3v) is 7.55. The van der Waals surface area contributed by atoms with E-state index in [1.54, 1.807) is 29.1 Å². The Balaban J connectivity index is 0. The van der Waals surface area contributed by atoms with E-state index in [0.29, 0.717) is 11.3 Å². The normalized spacial score (nSPS) is 17.3. The van der Waals surface area contributed by atoms with Gasteiger partial charge in [0.05, 0.1) is 11.7 Å². The molecule has 234 valence electrons. The fourth-order valence-corrected chi connectivity index (χ4v) is 5.45. The van der Waals surface area contributed by atoms with Gasteiger partial charge in [0.1, 0.15) is 17.1 Å². The Hall–Kier alpha value is -4.18. The van der Waals surface area contributed by atoms with Crippen molar-refractivity contribution in [2.45, 2.75) is 37.4 Å². The molecule has 2 amide bonds. The number of anilines is 1. The Morgan fingerprint density at radius 2 is 1.83 bits per heavy atom. The van der Waals surface area contributed by atoms with Gasteiger partial charge in [0, 0.05) is 28.8 Å². The monoisotopic (exact) mass is 636 g/mol. The molecule has 0 unspecified atom stereocenters. The zero-order chi connectivity index (χ0) is 26.9. The van der Waals surface area contributed by atoms with E-state index in [-0.39, 0.29) is 56.2 Å². The lowest BCUT2D eigenvalue weighted by atomic mass is 10.0. The molecule has 1 saturated heterocycles. The van der Waals surface area contributed by atoms with Crippen LogP contribution in [0.1, 0.15) is 19.5 Å². The van der Waals surface area contributed by atoms with Crippen molar-refractivity contribution in [1.82, 2.24) is 15.2 Å². The van der Waals surface area contributed by atoms with Gasteiger partial charge in [-0.05, 0) is 13.8 Å². The van der Waals surface area contributed by atoms with Gasteiger partial charge in [-0.2, -0.15) is 0 Å². The number of nitrogen functional groups attached to an aromatic ring is 1. The van der Waals surface area contributed by atoms with E-state index in [0.717, 1.165) is 16.2 Å². The van der Waals surface area contributed by atoms with Gasteiger partial charge in [-0.15, -0.1) is 23.1 Å². The number of hydrogen-bond donors (Lipinski definition) is 3. The predicted molar refractivity (Wildman–Crippen MR) is 148 cm³/mol. The summed E-state index contributed by atoms with van der Waals surface area (Å²) in [6, 6.07) is 4.36. The molecule has 0 aromatic carbocycles. The molecule has 2 atom stereocenters. The number of amides is 2. The van der Waals surface area contributed by atoms with Crippen molar-refractivity contribution in [3.63, 3.8) is 0 Å². The fourth-order valence-electron chi connectivity index (χ4n) is 3.56. The number of nitrogens with one attached hydrogen (secondary N) is 1. The summed E-state index contributed by atoms with van der Waals surface area (Å²) in [7, 11) is 0. The number of rotatable bonds is 9. The van der Waals surface area contributed by atoms with Crippen molar-refractivity contribution in [3.05, 3.63) is 52.9 Å². The van der Waals surface area contributed by atoms with Crippen LogP contribution in [0, 0.1) is 0 Å². The Labute approximate surface area is 246 Å². The van der Waals surface area contributed by atoms with Crippen molar-refractivity contribution in [2.75, 3.05) is 11.5 Å². The summed E-state index contributed by atoms with van der Waals surface area (Å²) in [4.78, 5) is 59.6. The number of thiazole rings is 1. The number of thioether (sulfide) groups is 1. The first-order valence-electron chi connectivity index (χ1n) is 10.8. The second-order valence-electron chi connectivity index (χ2n) is 8.57. The molecule has 0 saturated carbocycles.